The second kappa shape index (κ2) is 11.0. The first-order chi connectivity index (χ1) is 8.12. The van der Waals surface area contributed by atoms with E-state index in [1.165, 1.54) is 64.2 Å². The summed E-state index contributed by atoms with van der Waals surface area (Å²) in [6.45, 7) is 6.53. The van der Waals surface area contributed by atoms with E-state index >= 15 is 0 Å². The lowest BCUT2D eigenvalue weighted by Gasteiger charge is -2.24. The van der Waals surface area contributed by atoms with Gasteiger partial charge in [0.05, 0.1) is 0 Å². The minimum Gasteiger partial charge on any atom is -0.330 e. The molecule has 0 heterocycles. The fraction of sp³-hybridized carbons (Fsp3) is 1.00. The van der Waals surface area contributed by atoms with Crippen molar-refractivity contribution in [1.29, 1.82) is 0 Å². The standard InChI is InChI=1S/C15H34N2/c1-15(2,11-7-3-5-9-13-16)12-8-4-6-10-14-17/h3-14,16-17H2,1-2H3. The van der Waals surface area contributed by atoms with E-state index in [9.17, 15) is 0 Å². The number of hydrogen-bond acceptors (Lipinski definition) is 2. The van der Waals surface area contributed by atoms with Gasteiger partial charge in [0.1, 0.15) is 0 Å². The van der Waals surface area contributed by atoms with Crippen LogP contribution >= 0.6 is 0 Å². The minimum absolute atomic E-state index is 0.533. The first-order valence-electron chi connectivity index (χ1n) is 7.52. The van der Waals surface area contributed by atoms with Gasteiger partial charge in [0, 0.05) is 0 Å². The van der Waals surface area contributed by atoms with E-state index in [-0.39, 0.29) is 0 Å². The van der Waals surface area contributed by atoms with Crippen LogP contribution in [0.4, 0.5) is 0 Å². The van der Waals surface area contributed by atoms with Gasteiger partial charge in [0.25, 0.3) is 0 Å². The van der Waals surface area contributed by atoms with Crippen LogP contribution in [-0.2, 0) is 0 Å². The summed E-state index contributed by atoms with van der Waals surface area (Å²) in [5.41, 5.74) is 11.5. The summed E-state index contributed by atoms with van der Waals surface area (Å²) in [5, 5.41) is 0. The van der Waals surface area contributed by atoms with Gasteiger partial charge >= 0.3 is 0 Å². The molecule has 0 aliphatic rings. The SMILES string of the molecule is CC(C)(CCCCCCN)CCCCCCN. The first kappa shape index (κ1) is 16.9. The van der Waals surface area contributed by atoms with Crippen LogP contribution in [0.1, 0.15) is 78.1 Å². The lowest BCUT2D eigenvalue weighted by molar-refractivity contribution is 0.282. The second-order valence-corrected chi connectivity index (χ2v) is 6.07. The third-order valence-electron chi connectivity index (χ3n) is 3.62. The van der Waals surface area contributed by atoms with Gasteiger partial charge in [-0.25, -0.2) is 0 Å². The Balaban J connectivity index is 3.38. The molecule has 0 saturated carbocycles. The molecule has 0 aliphatic carbocycles. The van der Waals surface area contributed by atoms with Crippen molar-refractivity contribution in [3.8, 4) is 0 Å². The van der Waals surface area contributed by atoms with Crippen molar-refractivity contribution in [2.24, 2.45) is 16.9 Å². The molecule has 0 aromatic rings. The molecule has 0 rings (SSSR count). The van der Waals surface area contributed by atoms with E-state index in [0.29, 0.717) is 5.41 Å². The predicted molar refractivity (Wildman–Crippen MR) is 78.1 cm³/mol. The van der Waals surface area contributed by atoms with Crippen LogP contribution in [0.5, 0.6) is 0 Å². The quantitative estimate of drug-likeness (QED) is 0.511. The summed E-state index contributed by atoms with van der Waals surface area (Å²) in [6, 6.07) is 0. The lowest BCUT2D eigenvalue weighted by atomic mass is 9.82. The Morgan fingerprint density at radius 1 is 0.588 bits per heavy atom. The molecule has 0 bridgehead atoms. The van der Waals surface area contributed by atoms with Gasteiger partial charge in [-0.3, -0.25) is 0 Å². The maximum absolute atomic E-state index is 5.49. The molecule has 17 heavy (non-hydrogen) atoms. The molecule has 0 spiro atoms. The van der Waals surface area contributed by atoms with Crippen LogP contribution in [-0.4, -0.2) is 13.1 Å². The summed E-state index contributed by atoms with van der Waals surface area (Å²) in [6.07, 6.45) is 13.2. The largest absolute Gasteiger partial charge is 0.330 e. The van der Waals surface area contributed by atoms with E-state index in [1.54, 1.807) is 0 Å². The molecule has 0 aliphatic heterocycles. The topological polar surface area (TPSA) is 52.0 Å². The van der Waals surface area contributed by atoms with Gasteiger partial charge < -0.3 is 11.5 Å². The van der Waals surface area contributed by atoms with E-state index in [1.807, 2.05) is 0 Å². The molecule has 2 nitrogen and oxygen atoms in total. The van der Waals surface area contributed by atoms with Crippen LogP contribution in [0, 0.1) is 5.41 Å². The van der Waals surface area contributed by atoms with Gasteiger partial charge in [0.2, 0.25) is 0 Å². The molecule has 0 atom stereocenters. The van der Waals surface area contributed by atoms with Crippen LogP contribution in [0.3, 0.4) is 0 Å². The summed E-state index contributed by atoms with van der Waals surface area (Å²) >= 11 is 0. The minimum atomic E-state index is 0.533. The molecule has 0 fully saturated rings. The zero-order chi connectivity index (χ0) is 13.0. The number of unbranched alkanes of at least 4 members (excludes halogenated alkanes) is 6. The van der Waals surface area contributed by atoms with Crippen molar-refractivity contribution >= 4 is 0 Å². The van der Waals surface area contributed by atoms with Crippen molar-refractivity contribution in [2.45, 2.75) is 78.1 Å². The molecule has 2 heteroatoms. The molecule has 0 radical (unpaired) electrons. The van der Waals surface area contributed by atoms with Crippen molar-refractivity contribution in [3.63, 3.8) is 0 Å². The van der Waals surface area contributed by atoms with Crippen LogP contribution in [0.2, 0.25) is 0 Å². The summed E-state index contributed by atoms with van der Waals surface area (Å²) in [4.78, 5) is 0. The zero-order valence-corrected chi connectivity index (χ0v) is 12.1. The third kappa shape index (κ3) is 12.2. The predicted octanol–water partition coefficient (Wildman–Crippen LogP) is 3.83. The molecule has 0 aromatic carbocycles. The van der Waals surface area contributed by atoms with Crippen molar-refractivity contribution in [1.82, 2.24) is 0 Å². The fourth-order valence-corrected chi connectivity index (χ4v) is 2.33. The first-order valence-corrected chi connectivity index (χ1v) is 7.52. The molecule has 0 unspecified atom stereocenters. The molecule has 4 N–H and O–H groups in total. The van der Waals surface area contributed by atoms with E-state index in [4.69, 9.17) is 11.5 Å². The van der Waals surface area contributed by atoms with E-state index in [0.717, 1.165) is 13.1 Å². The number of nitrogens with two attached hydrogens (primary N) is 2. The molecule has 0 saturated heterocycles. The average molecular weight is 242 g/mol. The molecule has 104 valence electrons. The van der Waals surface area contributed by atoms with Gasteiger partial charge in [0.15, 0.2) is 0 Å². The summed E-state index contributed by atoms with van der Waals surface area (Å²) < 4.78 is 0. The van der Waals surface area contributed by atoms with Crippen molar-refractivity contribution in [3.05, 3.63) is 0 Å². The van der Waals surface area contributed by atoms with Gasteiger partial charge in [-0.15, -0.1) is 0 Å². The number of hydrogen-bond donors (Lipinski definition) is 2. The van der Waals surface area contributed by atoms with Crippen LogP contribution < -0.4 is 11.5 Å². The monoisotopic (exact) mass is 242 g/mol. The molecular formula is C15H34N2. The highest BCUT2D eigenvalue weighted by Crippen LogP contribution is 2.30. The van der Waals surface area contributed by atoms with Gasteiger partial charge in [-0.2, -0.15) is 0 Å². The third-order valence-corrected chi connectivity index (χ3v) is 3.62. The second-order valence-electron chi connectivity index (χ2n) is 6.07. The maximum Gasteiger partial charge on any atom is -0.00773 e. The molecule has 0 amide bonds. The van der Waals surface area contributed by atoms with E-state index < -0.39 is 0 Å². The average Bonchev–Trinajstić information content (AvgIpc) is 2.28. The smallest absolute Gasteiger partial charge is 0.00773 e. The van der Waals surface area contributed by atoms with Crippen LogP contribution in [0.25, 0.3) is 0 Å². The Kier molecular flexibility index (Phi) is 11.0. The van der Waals surface area contributed by atoms with Gasteiger partial charge in [-0.1, -0.05) is 52.4 Å². The number of rotatable bonds is 12. The maximum atomic E-state index is 5.49. The lowest BCUT2D eigenvalue weighted by Crippen LogP contribution is -2.11. The summed E-state index contributed by atoms with van der Waals surface area (Å²) in [5.74, 6) is 0. The Labute approximate surface area is 109 Å². The van der Waals surface area contributed by atoms with E-state index in [2.05, 4.69) is 13.8 Å². The Morgan fingerprint density at radius 3 is 1.29 bits per heavy atom. The fourth-order valence-electron chi connectivity index (χ4n) is 2.33. The highest BCUT2D eigenvalue weighted by Gasteiger charge is 2.16. The molecular weight excluding hydrogens is 208 g/mol. The zero-order valence-electron chi connectivity index (χ0n) is 12.1. The van der Waals surface area contributed by atoms with Crippen molar-refractivity contribution in [2.75, 3.05) is 13.1 Å². The van der Waals surface area contributed by atoms with Crippen LogP contribution in [0.15, 0.2) is 0 Å². The Morgan fingerprint density at radius 2 is 0.941 bits per heavy atom. The van der Waals surface area contributed by atoms with Crippen molar-refractivity contribution < 1.29 is 0 Å². The molecule has 0 aromatic heterocycles. The highest BCUT2D eigenvalue weighted by atomic mass is 14.5. The van der Waals surface area contributed by atoms with Gasteiger partial charge in [-0.05, 0) is 44.2 Å². The Hall–Kier alpha value is -0.0800. The normalized spacial score (nSPS) is 12.0. The highest BCUT2D eigenvalue weighted by molar-refractivity contribution is 4.68. The Bertz CT molecular complexity index is 139. The summed E-state index contributed by atoms with van der Waals surface area (Å²) in [7, 11) is 0.